The molecule has 0 spiro atoms. The Kier molecular flexibility index (Phi) is 8.29. The Morgan fingerprint density at radius 2 is 1.55 bits per heavy atom. The molecule has 1 N–H and O–H groups in total. The topological polar surface area (TPSA) is 98.8 Å². The van der Waals surface area contributed by atoms with Crippen LogP contribution in [0.5, 0.6) is 0 Å². The highest BCUT2D eigenvalue weighted by molar-refractivity contribution is 7.96. The van der Waals surface area contributed by atoms with Gasteiger partial charge in [0.25, 0.3) is 0 Å². The van der Waals surface area contributed by atoms with Crippen LogP contribution in [0.4, 0.5) is 4.79 Å². The summed E-state index contributed by atoms with van der Waals surface area (Å²) < 4.78 is 35.2. The average molecular weight is 446 g/mol. The van der Waals surface area contributed by atoms with Crippen LogP contribution >= 0.6 is 11.6 Å². The molecule has 1 unspecified atom stereocenters. The van der Waals surface area contributed by atoms with Crippen LogP contribution in [0.15, 0.2) is 45.7 Å². The highest BCUT2D eigenvalue weighted by Crippen LogP contribution is 2.23. The van der Waals surface area contributed by atoms with E-state index < -0.39 is 43.5 Å². The summed E-state index contributed by atoms with van der Waals surface area (Å²) in [5.41, 5.74) is -1.51. The lowest BCUT2D eigenvalue weighted by Crippen LogP contribution is -2.40. The second-order valence-corrected chi connectivity index (χ2v) is 10.9. The third kappa shape index (κ3) is 9.32. The highest BCUT2D eigenvalue weighted by Gasteiger charge is 2.26. The van der Waals surface area contributed by atoms with Gasteiger partial charge in [0.2, 0.25) is 9.84 Å². The fourth-order valence-electron chi connectivity index (χ4n) is 2.13. The van der Waals surface area contributed by atoms with Crippen LogP contribution in [0.2, 0.25) is 0 Å². The van der Waals surface area contributed by atoms with Crippen molar-refractivity contribution in [3.63, 3.8) is 0 Å². The summed E-state index contributed by atoms with van der Waals surface area (Å²) in [5, 5.41) is 2.46. The summed E-state index contributed by atoms with van der Waals surface area (Å²) >= 11 is 6.06. The van der Waals surface area contributed by atoms with Gasteiger partial charge >= 0.3 is 12.1 Å². The van der Waals surface area contributed by atoms with Crippen molar-refractivity contribution in [1.29, 1.82) is 0 Å². The molecule has 0 bridgehead atoms. The average Bonchev–Trinajstić information content (AvgIpc) is 2.51. The summed E-state index contributed by atoms with van der Waals surface area (Å²) in [4.78, 5) is 24.3. The van der Waals surface area contributed by atoms with Crippen molar-refractivity contribution in [3.8, 4) is 0 Å². The molecule has 0 aromatic heterocycles. The number of carbonyl (C=O) groups excluding carboxylic acids is 2. The number of amides is 1. The number of benzene rings is 1. The van der Waals surface area contributed by atoms with Crippen molar-refractivity contribution >= 4 is 33.5 Å². The minimum Gasteiger partial charge on any atom is -0.460 e. The summed E-state index contributed by atoms with van der Waals surface area (Å²) in [6, 6.07) is 6.55. The van der Waals surface area contributed by atoms with Crippen molar-refractivity contribution in [1.82, 2.24) is 5.32 Å². The largest absolute Gasteiger partial charge is 0.460 e. The van der Waals surface area contributed by atoms with Gasteiger partial charge in [-0.1, -0.05) is 29.8 Å². The molecule has 1 aromatic carbocycles. The van der Waals surface area contributed by atoms with E-state index in [1.165, 1.54) is 12.1 Å². The van der Waals surface area contributed by atoms with Crippen LogP contribution in [0, 0.1) is 0 Å². The number of ether oxygens (including phenoxy) is 2. The van der Waals surface area contributed by atoms with E-state index in [1.807, 2.05) is 0 Å². The zero-order valence-corrected chi connectivity index (χ0v) is 19.1. The second-order valence-electron chi connectivity index (χ2n) is 8.33. The standard InChI is InChI=1S/C20H28ClNO6S/c1-19(2,3)27-17(23)13-14(22-18(24)28-20(4,5)6)12-16(21)29(25,26)15-10-8-7-9-11-15/h7-12,14H,13H2,1-6H3,(H,22,24)/b16-12+. The van der Waals surface area contributed by atoms with Crippen LogP contribution < -0.4 is 5.32 Å². The van der Waals surface area contributed by atoms with Crippen molar-refractivity contribution < 1.29 is 27.5 Å². The van der Waals surface area contributed by atoms with Gasteiger partial charge in [0.15, 0.2) is 0 Å². The van der Waals surface area contributed by atoms with Crippen LogP contribution in [0.1, 0.15) is 48.0 Å². The maximum atomic E-state index is 12.6. The molecule has 1 aromatic rings. The molecule has 162 valence electrons. The minimum absolute atomic E-state index is 0.00506. The number of alkyl carbamates (subject to hydrolysis) is 1. The fourth-order valence-corrected chi connectivity index (χ4v) is 3.64. The van der Waals surface area contributed by atoms with Gasteiger partial charge in [-0.2, -0.15) is 0 Å². The van der Waals surface area contributed by atoms with Gasteiger partial charge in [-0.3, -0.25) is 4.79 Å². The Morgan fingerprint density at radius 3 is 2.03 bits per heavy atom. The Morgan fingerprint density at radius 1 is 1.03 bits per heavy atom. The molecule has 7 nitrogen and oxygen atoms in total. The van der Waals surface area contributed by atoms with Crippen LogP contribution in [0.25, 0.3) is 0 Å². The number of sulfone groups is 1. The van der Waals surface area contributed by atoms with Gasteiger partial charge < -0.3 is 14.8 Å². The summed E-state index contributed by atoms with van der Waals surface area (Å²) in [5.74, 6) is -0.628. The smallest absolute Gasteiger partial charge is 0.408 e. The summed E-state index contributed by atoms with van der Waals surface area (Å²) in [6.45, 7) is 10.1. The van der Waals surface area contributed by atoms with Gasteiger partial charge in [-0.25, -0.2) is 13.2 Å². The molecule has 1 rings (SSSR count). The molecule has 9 heteroatoms. The Bertz CT molecular complexity index is 821. The van der Waals surface area contributed by atoms with Crippen molar-refractivity contribution in [3.05, 3.63) is 40.8 Å². The second kappa shape index (κ2) is 9.63. The van der Waals surface area contributed by atoms with Gasteiger partial charge in [0, 0.05) is 0 Å². The number of rotatable bonds is 6. The number of carbonyl (C=O) groups is 2. The Hall–Kier alpha value is -2.06. The first kappa shape index (κ1) is 25.0. The predicted molar refractivity (Wildman–Crippen MR) is 111 cm³/mol. The molecule has 1 atom stereocenters. The van der Waals surface area contributed by atoms with E-state index in [2.05, 4.69) is 5.32 Å². The van der Waals surface area contributed by atoms with Crippen molar-refractivity contribution in [2.24, 2.45) is 0 Å². The molecule has 0 radical (unpaired) electrons. The normalized spacial score (nSPS) is 14.1. The molecule has 0 fully saturated rings. The van der Waals surface area contributed by atoms with E-state index in [0.717, 1.165) is 6.08 Å². The lowest BCUT2D eigenvalue weighted by atomic mass is 10.1. The first-order chi connectivity index (χ1) is 13.1. The molecule has 0 aliphatic rings. The van der Waals surface area contributed by atoms with Crippen LogP contribution in [-0.2, 0) is 24.1 Å². The van der Waals surface area contributed by atoms with Crippen molar-refractivity contribution in [2.45, 2.75) is 70.1 Å². The first-order valence-electron chi connectivity index (χ1n) is 8.99. The number of hydrogen-bond acceptors (Lipinski definition) is 6. The lowest BCUT2D eigenvalue weighted by molar-refractivity contribution is -0.155. The van der Waals surface area contributed by atoms with E-state index in [4.69, 9.17) is 21.1 Å². The number of hydrogen-bond donors (Lipinski definition) is 1. The van der Waals surface area contributed by atoms with E-state index in [1.54, 1.807) is 59.7 Å². The lowest BCUT2D eigenvalue weighted by Gasteiger charge is -2.24. The summed E-state index contributed by atoms with van der Waals surface area (Å²) in [7, 11) is -3.99. The third-order valence-electron chi connectivity index (χ3n) is 3.15. The van der Waals surface area contributed by atoms with Crippen molar-refractivity contribution in [2.75, 3.05) is 0 Å². The number of nitrogens with one attached hydrogen (secondary N) is 1. The molecule has 1 amide bonds. The van der Waals surface area contributed by atoms with Gasteiger partial charge in [0.05, 0.1) is 17.4 Å². The zero-order valence-electron chi connectivity index (χ0n) is 17.5. The molecule has 0 aliphatic carbocycles. The molecular weight excluding hydrogens is 418 g/mol. The van der Waals surface area contributed by atoms with E-state index in [9.17, 15) is 18.0 Å². The maximum Gasteiger partial charge on any atom is 0.408 e. The molecule has 0 aliphatic heterocycles. The van der Waals surface area contributed by atoms with E-state index >= 15 is 0 Å². The van der Waals surface area contributed by atoms with Gasteiger partial charge in [-0.15, -0.1) is 0 Å². The zero-order chi connectivity index (χ0) is 22.5. The Labute approximate surface area is 177 Å². The monoisotopic (exact) mass is 445 g/mol. The number of halogens is 1. The van der Waals surface area contributed by atoms with Crippen LogP contribution in [0.3, 0.4) is 0 Å². The molecule has 0 heterocycles. The van der Waals surface area contributed by atoms with Gasteiger partial charge in [-0.05, 0) is 59.8 Å². The van der Waals surface area contributed by atoms with Gasteiger partial charge in [0.1, 0.15) is 15.6 Å². The molecule has 0 saturated heterocycles. The SMILES string of the molecule is CC(C)(C)OC(=O)CC(/C=C(\Cl)S(=O)(=O)c1ccccc1)NC(=O)OC(C)(C)C. The van der Waals surface area contributed by atoms with Crippen LogP contribution in [-0.4, -0.2) is 37.7 Å². The summed E-state index contributed by atoms with van der Waals surface area (Å²) in [6.07, 6.45) is -0.0433. The fraction of sp³-hybridized carbons (Fsp3) is 0.500. The van der Waals surface area contributed by atoms with E-state index in [0.29, 0.717) is 0 Å². The maximum absolute atomic E-state index is 12.6. The first-order valence-corrected chi connectivity index (χ1v) is 10.8. The molecule has 0 saturated carbocycles. The molecule has 29 heavy (non-hydrogen) atoms. The number of esters is 1. The molecular formula is C20H28ClNO6S. The highest BCUT2D eigenvalue weighted by atomic mass is 35.5. The quantitative estimate of drug-likeness (QED) is 0.660. The minimum atomic E-state index is -3.99. The Balaban J connectivity index is 3.13. The van der Waals surface area contributed by atoms with E-state index in [-0.39, 0.29) is 11.3 Å². The predicted octanol–water partition coefficient (Wildman–Crippen LogP) is 4.17. The third-order valence-corrected chi connectivity index (χ3v) is 5.43.